The van der Waals surface area contributed by atoms with Gasteiger partial charge in [0.2, 0.25) is 0 Å². The van der Waals surface area contributed by atoms with E-state index in [1.165, 1.54) is 13.2 Å². The van der Waals surface area contributed by atoms with E-state index in [4.69, 9.17) is 4.74 Å². The van der Waals surface area contributed by atoms with Crippen LogP contribution in [0.25, 0.3) is 0 Å². The van der Waals surface area contributed by atoms with Gasteiger partial charge in [0, 0.05) is 18.7 Å². The predicted octanol–water partition coefficient (Wildman–Crippen LogP) is 2.41. The van der Waals surface area contributed by atoms with Gasteiger partial charge in [-0.25, -0.2) is 8.78 Å². The molecule has 0 fully saturated rings. The van der Waals surface area contributed by atoms with Crippen LogP contribution in [0.5, 0.6) is 5.75 Å². The van der Waals surface area contributed by atoms with E-state index in [9.17, 15) is 8.78 Å². The number of methoxy groups -OCH3 is 1. The Bertz CT molecular complexity index is 302. The first kappa shape index (κ1) is 9.77. The molecule has 0 atom stereocenters. The highest BCUT2D eigenvalue weighted by atomic mass is 19.1. The van der Waals surface area contributed by atoms with E-state index in [1.807, 2.05) is 6.92 Å². The molecule has 0 amide bonds. The van der Waals surface area contributed by atoms with Gasteiger partial charge < -0.3 is 10.1 Å². The first-order chi connectivity index (χ1) is 6.19. The average Bonchev–Trinajstić information content (AvgIpc) is 2.04. The molecule has 1 aromatic rings. The lowest BCUT2D eigenvalue weighted by molar-refractivity contribution is 0.386. The highest BCUT2D eigenvalue weighted by molar-refractivity contribution is 5.57. The molecule has 0 aliphatic rings. The van der Waals surface area contributed by atoms with E-state index < -0.39 is 11.6 Å². The standard InChI is InChI=1S/C9H11F2NO/c1-3-12-8-5-6(10)4-7(11)9(8)13-2/h4-5,12H,3H2,1-2H3. The normalized spacial score (nSPS) is 9.85. The van der Waals surface area contributed by atoms with Gasteiger partial charge in [-0.3, -0.25) is 0 Å². The highest BCUT2D eigenvalue weighted by Crippen LogP contribution is 2.28. The number of halogens is 2. The van der Waals surface area contributed by atoms with Crippen molar-refractivity contribution < 1.29 is 13.5 Å². The SMILES string of the molecule is CCNc1cc(F)cc(F)c1OC. The molecule has 13 heavy (non-hydrogen) atoms. The number of anilines is 1. The van der Waals surface area contributed by atoms with Crippen LogP contribution in [-0.4, -0.2) is 13.7 Å². The summed E-state index contributed by atoms with van der Waals surface area (Å²) in [6, 6.07) is 1.99. The van der Waals surface area contributed by atoms with E-state index in [0.29, 0.717) is 12.2 Å². The fourth-order valence-electron chi connectivity index (χ4n) is 1.09. The predicted molar refractivity (Wildman–Crippen MR) is 47.1 cm³/mol. The van der Waals surface area contributed by atoms with Crippen LogP contribution in [0.1, 0.15) is 6.92 Å². The number of rotatable bonds is 3. The van der Waals surface area contributed by atoms with Crippen molar-refractivity contribution in [2.24, 2.45) is 0 Å². The molecule has 0 bridgehead atoms. The van der Waals surface area contributed by atoms with Gasteiger partial charge in [0.15, 0.2) is 11.6 Å². The Balaban J connectivity index is 3.13. The first-order valence-corrected chi connectivity index (χ1v) is 3.96. The van der Waals surface area contributed by atoms with Crippen molar-refractivity contribution in [2.75, 3.05) is 19.0 Å². The van der Waals surface area contributed by atoms with Crippen molar-refractivity contribution in [3.05, 3.63) is 23.8 Å². The zero-order valence-electron chi connectivity index (χ0n) is 7.53. The molecule has 72 valence electrons. The number of ether oxygens (including phenoxy) is 1. The van der Waals surface area contributed by atoms with Crippen LogP contribution < -0.4 is 10.1 Å². The molecular weight excluding hydrogens is 176 g/mol. The summed E-state index contributed by atoms with van der Waals surface area (Å²) in [6.07, 6.45) is 0. The summed E-state index contributed by atoms with van der Waals surface area (Å²) in [5.74, 6) is -1.27. The summed E-state index contributed by atoms with van der Waals surface area (Å²) in [6.45, 7) is 2.42. The topological polar surface area (TPSA) is 21.3 Å². The summed E-state index contributed by atoms with van der Waals surface area (Å²) in [5.41, 5.74) is 0.336. The molecule has 1 rings (SSSR count). The minimum absolute atomic E-state index is 0.0447. The fraction of sp³-hybridized carbons (Fsp3) is 0.333. The maximum Gasteiger partial charge on any atom is 0.177 e. The van der Waals surface area contributed by atoms with E-state index in [1.54, 1.807) is 0 Å². The smallest absolute Gasteiger partial charge is 0.177 e. The summed E-state index contributed by atoms with van der Waals surface area (Å²) in [7, 11) is 1.34. The second-order valence-corrected chi connectivity index (χ2v) is 2.50. The fourth-order valence-corrected chi connectivity index (χ4v) is 1.09. The third-order valence-electron chi connectivity index (χ3n) is 1.58. The third kappa shape index (κ3) is 2.08. The minimum Gasteiger partial charge on any atom is -0.492 e. The molecule has 0 heterocycles. The van der Waals surface area contributed by atoms with Crippen LogP contribution in [0.2, 0.25) is 0 Å². The molecule has 0 spiro atoms. The molecule has 0 aliphatic heterocycles. The molecule has 2 nitrogen and oxygen atoms in total. The summed E-state index contributed by atoms with van der Waals surface area (Å²) < 4.78 is 30.5. The van der Waals surface area contributed by atoms with Crippen LogP contribution in [-0.2, 0) is 0 Å². The van der Waals surface area contributed by atoms with Crippen molar-refractivity contribution in [1.29, 1.82) is 0 Å². The van der Waals surface area contributed by atoms with Crippen LogP contribution in [0.3, 0.4) is 0 Å². The second-order valence-electron chi connectivity index (χ2n) is 2.50. The van der Waals surface area contributed by atoms with Gasteiger partial charge in [0.25, 0.3) is 0 Å². The molecule has 0 aliphatic carbocycles. The second kappa shape index (κ2) is 4.07. The van der Waals surface area contributed by atoms with Crippen molar-refractivity contribution >= 4 is 5.69 Å². The van der Waals surface area contributed by atoms with Gasteiger partial charge in [-0.05, 0) is 6.92 Å². The van der Waals surface area contributed by atoms with E-state index >= 15 is 0 Å². The van der Waals surface area contributed by atoms with Gasteiger partial charge in [0.1, 0.15) is 5.82 Å². The van der Waals surface area contributed by atoms with Crippen LogP contribution in [0, 0.1) is 11.6 Å². The van der Waals surface area contributed by atoms with E-state index in [-0.39, 0.29) is 5.75 Å². The van der Waals surface area contributed by atoms with Gasteiger partial charge in [-0.1, -0.05) is 0 Å². The van der Waals surface area contributed by atoms with E-state index in [0.717, 1.165) is 6.07 Å². The molecule has 1 N–H and O–H groups in total. The molecule has 0 saturated carbocycles. The van der Waals surface area contributed by atoms with Crippen LogP contribution in [0.15, 0.2) is 12.1 Å². The molecule has 0 aromatic heterocycles. The summed E-state index contributed by atoms with van der Waals surface area (Å²) >= 11 is 0. The lowest BCUT2D eigenvalue weighted by Gasteiger charge is -2.10. The Morgan fingerprint density at radius 1 is 1.38 bits per heavy atom. The first-order valence-electron chi connectivity index (χ1n) is 3.96. The van der Waals surface area contributed by atoms with Crippen molar-refractivity contribution in [1.82, 2.24) is 0 Å². The molecule has 1 aromatic carbocycles. The van der Waals surface area contributed by atoms with Gasteiger partial charge >= 0.3 is 0 Å². The maximum atomic E-state index is 13.0. The van der Waals surface area contributed by atoms with Gasteiger partial charge in [-0.15, -0.1) is 0 Å². The lowest BCUT2D eigenvalue weighted by Crippen LogP contribution is -2.01. The highest BCUT2D eigenvalue weighted by Gasteiger charge is 2.10. The minimum atomic E-state index is -0.696. The summed E-state index contributed by atoms with van der Waals surface area (Å²) in [5, 5.41) is 2.80. The Labute approximate surface area is 75.5 Å². The number of nitrogens with one attached hydrogen (secondary N) is 1. The van der Waals surface area contributed by atoms with Crippen molar-refractivity contribution in [2.45, 2.75) is 6.92 Å². The molecular formula is C9H11F2NO. The zero-order chi connectivity index (χ0) is 9.84. The third-order valence-corrected chi connectivity index (χ3v) is 1.58. The maximum absolute atomic E-state index is 13.0. The molecule has 0 saturated heterocycles. The number of benzene rings is 1. The quantitative estimate of drug-likeness (QED) is 0.784. The molecule has 4 heteroatoms. The van der Waals surface area contributed by atoms with Gasteiger partial charge in [0.05, 0.1) is 12.8 Å². The monoisotopic (exact) mass is 187 g/mol. The Kier molecular flexibility index (Phi) is 3.06. The van der Waals surface area contributed by atoms with Crippen molar-refractivity contribution in [3.63, 3.8) is 0 Å². The van der Waals surface area contributed by atoms with Crippen molar-refractivity contribution in [3.8, 4) is 5.75 Å². The van der Waals surface area contributed by atoms with E-state index in [2.05, 4.69) is 5.32 Å². The number of hydrogen-bond donors (Lipinski definition) is 1. The molecule has 0 radical (unpaired) electrons. The Morgan fingerprint density at radius 3 is 2.62 bits per heavy atom. The van der Waals surface area contributed by atoms with Crippen LogP contribution >= 0.6 is 0 Å². The van der Waals surface area contributed by atoms with Crippen LogP contribution in [0.4, 0.5) is 14.5 Å². The zero-order valence-corrected chi connectivity index (χ0v) is 7.53. The lowest BCUT2D eigenvalue weighted by atomic mass is 10.2. The largest absolute Gasteiger partial charge is 0.492 e. The van der Waals surface area contributed by atoms with Gasteiger partial charge in [-0.2, -0.15) is 0 Å². The Morgan fingerprint density at radius 2 is 2.08 bits per heavy atom. The summed E-state index contributed by atoms with van der Waals surface area (Å²) in [4.78, 5) is 0. The number of hydrogen-bond acceptors (Lipinski definition) is 2. The Hall–Kier alpha value is -1.32. The average molecular weight is 187 g/mol. The molecule has 0 unspecified atom stereocenters.